The Morgan fingerprint density at radius 1 is 1.00 bits per heavy atom. The average molecular weight is 430 g/mol. The van der Waals surface area contributed by atoms with Gasteiger partial charge in [0.25, 0.3) is 5.91 Å². The van der Waals surface area contributed by atoms with Crippen molar-refractivity contribution >= 4 is 39.7 Å². The number of hydrogen-bond donors (Lipinski definition) is 2. The van der Waals surface area contributed by atoms with E-state index in [4.69, 9.17) is 16.3 Å². The van der Waals surface area contributed by atoms with E-state index in [2.05, 4.69) is 22.2 Å². The molecule has 0 bridgehead atoms. The van der Waals surface area contributed by atoms with Gasteiger partial charge in [-0.2, -0.15) is 0 Å². The molecule has 1 heterocycles. The van der Waals surface area contributed by atoms with Crippen molar-refractivity contribution in [2.24, 2.45) is 0 Å². The minimum absolute atomic E-state index is 0.196. The van der Waals surface area contributed by atoms with E-state index < -0.39 is 0 Å². The van der Waals surface area contributed by atoms with E-state index >= 15 is 0 Å². The van der Waals surface area contributed by atoms with Gasteiger partial charge in [0.1, 0.15) is 11.5 Å². The van der Waals surface area contributed by atoms with Crippen molar-refractivity contribution in [2.75, 3.05) is 12.4 Å². The summed E-state index contributed by atoms with van der Waals surface area (Å²) in [5.41, 5.74) is 2.69. The maximum Gasteiger partial charge on any atom is 0.255 e. The van der Waals surface area contributed by atoms with Gasteiger partial charge in [-0.25, -0.2) is 0 Å². The molecule has 0 saturated heterocycles. The van der Waals surface area contributed by atoms with Crippen LogP contribution in [0.5, 0.6) is 11.5 Å². The molecule has 0 spiro atoms. The molecule has 154 valence electrons. The molecular weight excluding hydrogens is 410 g/mol. The molecular formula is C25H20ClN3O2. The fourth-order valence-electron chi connectivity index (χ4n) is 3.13. The number of halogens is 1. The number of hydrogen-bond acceptors (Lipinski definition) is 4. The van der Waals surface area contributed by atoms with E-state index in [0.717, 1.165) is 16.5 Å². The topological polar surface area (TPSA) is 63.2 Å². The molecule has 0 aliphatic heterocycles. The van der Waals surface area contributed by atoms with Crippen molar-refractivity contribution in [2.45, 2.75) is 0 Å². The zero-order valence-electron chi connectivity index (χ0n) is 16.9. The third-order valence-electron chi connectivity index (χ3n) is 4.78. The molecule has 2 N–H and O–H groups in total. The predicted octanol–water partition coefficient (Wildman–Crippen LogP) is 6.12. The van der Waals surface area contributed by atoms with Crippen LogP contribution in [-0.4, -0.2) is 17.9 Å². The zero-order valence-corrected chi connectivity index (χ0v) is 17.6. The molecule has 0 saturated carbocycles. The molecule has 0 atom stereocenters. The molecule has 6 heteroatoms. The van der Waals surface area contributed by atoms with Crippen molar-refractivity contribution in [1.82, 2.24) is 10.3 Å². The normalized spacial score (nSPS) is 10.5. The summed E-state index contributed by atoms with van der Waals surface area (Å²) in [4.78, 5) is 16.9. The standard InChI is InChI=1S/C25H20ClN3O2/c1-16(27-2)24-15-21(12-13-28-24)31-20-10-11-22-18(14-20)4-3-5-23(22)29-25(30)17-6-8-19(26)9-7-17/h3-15,27H,1H2,2H3,(H,29,30). The largest absolute Gasteiger partial charge is 0.457 e. The van der Waals surface area contributed by atoms with Crippen LogP contribution >= 0.6 is 11.6 Å². The first-order chi connectivity index (χ1) is 15.0. The SMILES string of the molecule is C=C(NC)c1cc(Oc2ccc3c(NC(=O)c4ccc(Cl)cc4)cccc3c2)ccn1. The lowest BCUT2D eigenvalue weighted by atomic mass is 10.1. The van der Waals surface area contributed by atoms with Crippen LogP contribution in [0, 0.1) is 0 Å². The Bertz CT molecular complexity index is 1270. The summed E-state index contributed by atoms with van der Waals surface area (Å²) in [6.07, 6.45) is 1.68. The highest BCUT2D eigenvalue weighted by molar-refractivity contribution is 6.30. The van der Waals surface area contributed by atoms with Crippen LogP contribution in [0.2, 0.25) is 5.02 Å². The fraction of sp³-hybridized carbons (Fsp3) is 0.0400. The van der Waals surface area contributed by atoms with Crippen LogP contribution in [0.1, 0.15) is 16.1 Å². The minimum Gasteiger partial charge on any atom is -0.457 e. The molecule has 0 radical (unpaired) electrons. The number of aromatic nitrogens is 1. The van der Waals surface area contributed by atoms with E-state index in [0.29, 0.717) is 33.5 Å². The first-order valence-corrected chi connectivity index (χ1v) is 10.0. The Morgan fingerprint density at radius 3 is 2.55 bits per heavy atom. The number of pyridine rings is 1. The van der Waals surface area contributed by atoms with Crippen LogP contribution in [0.4, 0.5) is 5.69 Å². The van der Waals surface area contributed by atoms with E-state index in [1.165, 1.54) is 0 Å². The van der Waals surface area contributed by atoms with Gasteiger partial charge in [0, 0.05) is 41.0 Å². The Kier molecular flexibility index (Phi) is 5.87. The Morgan fingerprint density at radius 2 is 1.77 bits per heavy atom. The first-order valence-electron chi connectivity index (χ1n) is 9.64. The van der Waals surface area contributed by atoms with Crippen molar-refractivity contribution in [3.63, 3.8) is 0 Å². The van der Waals surface area contributed by atoms with Crippen molar-refractivity contribution in [3.05, 3.63) is 102 Å². The second kappa shape index (κ2) is 8.90. The second-order valence-corrected chi connectivity index (χ2v) is 7.29. The van der Waals surface area contributed by atoms with Crippen LogP contribution < -0.4 is 15.4 Å². The molecule has 3 aromatic carbocycles. The van der Waals surface area contributed by atoms with Gasteiger partial charge in [-0.05, 0) is 60.0 Å². The number of carbonyl (C=O) groups excluding carboxylic acids is 1. The number of ether oxygens (including phenoxy) is 1. The first kappa shape index (κ1) is 20.4. The van der Waals surface area contributed by atoms with Crippen LogP contribution in [0.25, 0.3) is 16.5 Å². The summed E-state index contributed by atoms with van der Waals surface area (Å²) in [6, 6.07) is 21.9. The fourth-order valence-corrected chi connectivity index (χ4v) is 3.26. The number of fused-ring (bicyclic) bond motifs is 1. The number of nitrogens with one attached hydrogen (secondary N) is 2. The van der Waals surface area contributed by atoms with Gasteiger partial charge < -0.3 is 15.4 Å². The highest BCUT2D eigenvalue weighted by Crippen LogP contribution is 2.30. The van der Waals surface area contributed by atoms with Gasteiger partial charge in [0.2, 0.25) is 0 Å². The second-order valence-electron chi connectivity index (χ2n) is 6.86. The lowest BCUT2D eigenvalue weighted by Gasteiger charge is -2.12. The van der Waals surface area contributed by atoms with Gasteiger partial charge in [0.05, 0.1) is 11.4 Å². The molecule has 4 rings (SSSR count). The van der Waals surface area contributed by atoms with Gasteiger partial charge >= 0.3 is 0 Å². The Labute approximate surface area is 185 Å². The average Bonchev–Trinajstić information content (AvgIpc) is 2.79. The molecule has 4 aromatic rings. The van der Waals surface area contributed by atoms with E-state index in [1.54, 1.807) is 43.6 Å². The quantitative estimate of drug-likeness (QED) is 0.387. The summed E-state index contributed by atoms with van der Waals surface area (Å²) < 4.78 is 6.01. The summed E-state index contributed by atoms with van der Waals surface area (Å²) in [5.74, 6) is 1.15. The third-order valence-corrected chi connectivity index (χ3v) is 5.04. The molecule has 1 amide bonds. The highest BCUT2D eigenvalue weighted by Gasteiger charge is 2.10. The number of anilines is 1. The number of carbonyl (C=O) groups is 1. The summed E-state index contributed by atoms with van der Waals surface area (Å²) >= 11 is 5.90. The van der Waals surface area contributed by atoms with Crippen molar-refractivity contribution in [3.8, 4) is 11.5 Å². The van der Waals surface area contributed by atoms with Crippen molar-refractivity contribution in [1.29, 1.82) is 0 Å². The summed E-state index contributed by atoms with van der Waals surface area (Å²) in [6.45, 7) is 3.92. The van der Waals surface area contributed by atoms with Crippen molar-refractivity contribution < 1.29 is 9.53 Å². The molecule has 0 aliphatic rings. The molecule has 0 aliphatic carbocycles. The summed E-state index contributed by atoms with van der Waals surface area (Å²) in [5, 5.41) is 8.39. The zero-order chi connectivity index (χ0) is 21.8. The third kappa shape index (κ3) is 4.68. The molecule has 0 fully saturated rings. The van der Waals surface area contributed by atoms with Gasteiger partial charge in [-0.15, -0.1) is 0 Å². The minimum atomic E-state index is -0.196. The maximum absolute atomic E-state index is 12.6. The summed E-state index contributed by atoms with van der Waals surface area (Å²) in [7, 11) is 1.80. The Hall–Kier alpha value is -3.83. The van der Waals surface area contributed by atoms with E-state index in [9.17, 15) is 4.79 Å². The number of rotatable bonds is 6. The predicted molar refractivity (Wildman–Crippen MR) is 126 cm³/mol. The molecule has 0 unspecified atom stereocenters. The molecule has 5 nitrogen and oxygen atoms in total. The lowest BCUT2D eigenvalue weighted by Crippen LogP contribution is -2.11. The van der Waals surface area contributed by atoms with E-state index in [-0.39, 0.29) is 5.91 Å². The van der Waals surface area contributed by atoms with Crippen LogP contribution in [-0.2, 0) is 0 Å². The monoisotopic (exact) mass is 429 g/mol. The lowest BCUT2D eigenvalue weighted by molar-refractivity contribution is 0.102. The number of nitrogens with zero attached hydrogens (tertiary/aromatic N) is 1. The number of amides is 1. The maximum atomic E-state index is 12.6. The molecule has 31 heavy (non-hydrogen) atoms. The van der Waals surface area contributed by atoms with Crippen LogP contribution in [0.3, 0.4) is 0 Å². The van der Waals surface area contributed by atoms with E-state index in [1.807, 2.05) is 42.5 Å². The van der Waals surface area contributed by atoms with Crippen LogP contribution in [0.15, 0.2) is 85.6 Å². The smallest absolute Gasteiger partial charge is 0.255 e. The highest BCUT2D eigenvalue weighted by atomic mass is 35.5. The number of benzene rings is 3. The van der Waals surface area contributed by atoms with Gasteiger partial charge in [-0.1, -0.05) is 30.3 Å². The Balaban J connectivity index is 1.57. The van der Waals surface area contributed by atoms with Gasteiger partial charge in [0.15, 0.2) is 0 Å². The van der Waals surface area contributed by atoms with Gasteiger partial charge in [-0.3, -0.25) is 9.78 Å². The molecule has 1 aromatic heterocycles.